The fourth-order valence-corrected chi connectivity index (χ4v) is 3.71. The molecule has 0 aliphatic rings. The smallest absolute Gasteiger partial charge is 0.124 e. The lowest BCUT2D eigenvalue weighted by molar-refractivity contribution is 0.626. The molecule has 100 valence electrons. The number of hydrogen-bond acceptors (Lipinski definition) is 2. The Morgan fingerprint density at radius 1 is 1.26 bits per heavy atom. The van der Waals surface area contributed by atoms with E-state index in [1.165, 1.54) is 12.1 Å². The normalized spacial score (nSPS) is 12.4. The summed E-state index contributed by atoms with van der Waals surface area (Å²) >= 11 is 3.28. The summed E-state index contributed by atoms with van der Waals surface area (Å²) < 4.78 is 26.0. The first kappa shape index (κ1) is 14.2. The maximum absolute atomic E-state index is 13.0. The molecule has 2 nitrogen and oxygen atoms in total. The topological polar surface area (TPSA) is 43.1 Å². The second-order valence-electron chi connectivity index (χ2n) is 4.27. The highest BCUT2D eigenvalue weighted by atomic mass is 79.9. The van der Waals surface area contributed by atoms with Gasteiger partial charge in [-0.25, -0.2) is 4.39 Å². The van der Waals surface area contributed by atoms with Crippen molar-refractivity contribution < 1.29 is 8.60 Å². The molecule has 2 rings (SSSR count). The van der Waals surface area contributed by atoms with Gasteiger partial charge < -0.3 is 5.73 Å². The molecule has 0 fully saturated rings. The molecule has 0 amide bonds. The average Bonchev–Trinajstić information content (AvgIpc) is 2.35. The largest absolute Gasteiger partial charge is 0.398 e. The number of anilines is 1. The number of rotatable bonds is 3. The van der Waals surface area contributed by atoms with E-state index in [4.69, 9.17) is 5.73 Å². The minimum absolute atomic E-state index is 0.300. The number of aryl methyl sites for hydroxylation is 1. The highest BCUT2D eigenvalue weighted by Gasteiger charge is 2.11. The van der Waals surface area contributed by atoms with E-state index in [1.807, 2.05) is 19.1 Å². The summed E-state index contributed by atoms with van der Waals surface area (Å²) in [5.41, 5.74) is 8.16. The molecule has 1 atom stereocenters. The molecule has 1 unspecified atom stereocenters. The highest BCUT2D eigenvalue weighted by molar-refractivity contribution is 9.10. The van der Waals surface area contributed by atoms with Crippen LogP contribution in [0.3, 0.4) is 0 Å². The molecule has 0 saturated carbocycles. The van der Waals surface area contributed by atoms with E-state index >= 15 is 0 Å². The van der Waals surface area contributed by atoms with Crippen molar-refractivity contribution >= 4 is 32.4 Å². The van der Waals surface area contributed by atoms with Gasteiger partial charge in [-0.2, -0.15) is 0 Å². The third-order valence-electron chi connectivity index (χ3n) is 2.72. The van der Waals surface area contributed by atoms with Crippen LogP contribution in [-0.4, -0.2) is 4.21 Å². The van der Waals surface area contributed by atoms with E-state index in [9.17, 15) is 8.60 Å². The minimum atomic E-state index is -1.25. The third-order valence-corrected chi connectivity index (χ3v) is 4.87. The Morgan fingerprint density at radius 2 is 2.00 bits per heavy atom. The molecule has 2 aromatic carbocycles. The van der Waals surface area contributed by atoms with Crippen LogP contribution in [0.1, 0.15) is 11.1 Å². The Labute approximate surface area is 122 Å². The lowest BCUT2D eigenvalue weighted by Crippen LogP contribution is -2.02. The number of nitrogen functional groups attached to an aromatic ring is 1. The number of halogens is 2. The van der Waals surface area contributed by atoms with E-state index in [0.29, 0.717) is 20.8 Å². The maximum Gasteiger partial charge on any atom is 0.124 e. The summed E-state index contributed by atoms with van der Waals surface area (Å²) in [4.78, 5) is 0.622. The van der Waals surface area contributed by atoms with Crippen molar-refractivity contribution in [3.8, 4) is 0 Å². The van der Waals surface area contributed by atoms with Gasteiger partial charge in [-0.05, 0) is 42.3 Å². The van der Waals surface area contributed by atoms with Gasteiger partial charge in [0.05, 0.1) is 21.4 Å². The van der Waals surface area contributed by atoms with E-state index < -0.39 is 10.8 Å². The van der Waals surface area contributed by atoms with Gasteiger partial charge in [-0.3, -0.25) is 4.21 Å². The molecule has 5 heteroatoms. The minimum Gasteiger partial charge on any atom is -0.398 e. The first-order valence-electron chi connectivity index (χ1n) is 5.66. The standard InChI is InChI=1S/C14H13BrFNOS/c1-9-2-5-13(17)14(6-9)19(18)8-10-3-4-11(16)7-12(10)15/h2-7H,8,17H2,1H3. The molecule has 0 aliphatic heterocycles. The summed E-state index contributed by atoms with van der Waals surface area (Å²) in [6, 6.07) is 9.81. The maximum atomic E-state index is 13.0. The fourth-order valence-electron chi connectivity index (χ4n) is 1.70. The Morgan fingerprint density at radius 3 is 2.68 bits per heavy atom. The summed E-state index contributed by atoms with van der Waals surface area (Å²) in [7, 11) is -1.25. The Bertz CT molecular complexity index is 645. The van der Waals surface area contributed by atoms with Gasteiger partial charge in [-0.15, -0.1) is 0 Å². The average molecular weight is 342 g/mol. The lowest BCUT2D eigenvalue weighted by Gasteiger charge is -2.08. The first-order chi connectivity index (χ1) is 8.97. The number of nitrogens with two attached hydrogens (primary N) is 1. The monoisotopic (exact) mass is 341 g/mol. The zero-order chi connectivity index (χ0) is 14.0. The van der Waals surface area contributed by atoms with Crippen molar-refractivity contribution in [2.24, 2.45) is 0 Å². The Kier molecular flexibility index (Phi) is 4.37. The molecule has 0 aromatic heterocycles. The molecular formula is C14H13BrFNOS. The van der Waals surface area contributed by atoms with Crippen LogP contribution < -0.4 is 5.73 Å². The van der Waals surface area contributed by atoms with Crippen LogP contribution in [0.5, 0.6) is 0 Å². The predicted molar refractivity (Wildman–Crippen MR) is 79.8 cm³/mol. The fraction of sp³-hybridized carbons (Fsp3) is 0.143. The van der Waals surface area contributed by atoms with Crippen LogP contribution in [0.4, 0.5) is 10.1 Å². The summed E-state index contributed by atoms with van der Waals surface area (Å²) in [5.74, 6) is -0.0226. The highest BCUT2D eigenvalue weighted by Crippen LogP contribution is 2.24. The molecule has 2 aromatic rings. The van der Waals surface area contributed by atoms with E-state index in [2.05, 4.69) is 15.9 Å². The predicted octanol–water partition coefficient (Wildman–Crippen LogP) is 3.79. The quantitative estimate of drug-likeness (QED) is 0.863. The molecular weight excluding hydrogens is 329 g/mol. The molecule has 0 spiro atoms. The second-order valence-corrected chi connectivity index (χ2v) is 6.54. The first-order valence-corrected chi connectivity index (χ1v) is 7.77. The molecule has 0 radical (unpaired) electrons. The number of hydrogen-bond donors (Lipinski definition) is 1. The zero-order valence-electron chi connectivity index (χ0n) is 10.3. The third kappa shape index (κ3) is 3.42. The van der Waals surface area contributed by atoms with Crippen LogP contribution in [0.15, 0.2) is 45.8 Å². The van der Waals surface area contributed by atoms with Crippen molar-refractivity contribution in [2.75, 3.05) is 5.73 Å². The van der Waals surface area contributed by atoms with Crippen molar-refractivity contribution in [3.05, 3.63) is 57.8 Å². The van der Waals surface area contributed by atoms with Crippen LogP contribution in [0.25, 0.3) is 0 Å². The number of benzene rings is 2. The van der Waals surface area contributed by atoms with Crippen LogP contribution in [0, 0.1) is 12.7 Å². The summed E-state index contributed by atoms with van der Waals surface area (Å²) in [5, 5.41) is 0. The van der Waals surface area contributed by atoms with Crippen LogP contribution >= 0.6 is 15.9 Å². The lowest BCUT2D eigenvalue weighted by atomic mass is 10.2. The van der Waals surface area contributed by atoms with Crippen molar-refractivity contribution in [2.45, 2.75) is 17.6 Å². The van der Waals surface area contributed by atoms with Crippen LogP contribution in [0.2, 0.25) is 0 Å². The molecule has 19 heavy (non-hydrogen) atoms. The van der Waals surface area contributed by atoms with E-state index in [1.54, 1.807) is 12.1 Å². The van der Waals surface area contributed by atoms with Crippen molar-refractivity contribution in [1.82, 2.24) is 0 Å². The molecule has 0 bridgehead atoms. The molecule has 0 saturated heterocycles. The van der Waals surface area contributed by atoms with E-state index in [0.717, 1.165) is 11.1 Å². The SMILES string of the molecule is Cc1ccc(N)c(S(=O)Cc2ccc(F)cc2Br)c1. The van der Waals surface area contributed by atoms with Crippen LogP contribution in [-0.2, 0) is 16.6 Å². The van der Waals surface area contributed by atoms with Gasteiger partial charge in [0, 0.05) is 10.2 Å². The summed E-state index contributed by atoms with van der Waals surface area (Å²) in [6.45, 7) is 1.92. The van der Waals surface area contributed by atoms with Gasteiger partial charge in [-0.1, -0.05) is 28.1 Å². The Balaban J connectivity index is 2.28. The van der Waals surface area contributed by atoms with Gasteiger partial charge >= 0.3 is 0 Å². The Hall–Kier alpha value is -1.20. The second kappa shape index (κ2) is 5.84. The summed E-state index contributed by atoms with van der Waals surface area (Å²) in [6.07, 6.45) is 0. The van der Waals surface area contributed by atoms with Gasteiger partial charge in [0.25, 0.3) is 0 Å². The molecule has 2 N–H and O–H groups in total. The van der Waals surface area contributed by atoms with Gasteiger partial charge in [0.15, 0.2) is 0 Å². The van der Waals surface area contributed by atoms with Crippen molar-refractivity contribution in [3.63, 3.8) is 0 Å². The van der Waals surface area contributed by atoms with Crippen molar-refractivity contribution in [1.29, 1.82) is 0 Å². The van der Waals surface area contributed by atoms with Gasteiger partial charge in [0.1, 0.15) is 5.82 Å². The van der Waals surface area contributed by atoms with Gasteiger partial charge in [0.2, 0.25) is 0 Å². The molecule has 0 aliphatic carbocycles. The van der Waals surface area contributed by atoms with E-state index in [-0.39, 0.29) is 5.82 Å². The molecule has 0 heterocycles. The zero-order valence-corrected chi connectivity index (χ0v) is 12.7.